The van der Waals surface area contributed by atoms with Crippen molar-refractivity contribution in [1.82, 2.24) is 25.1 Å². The molecule has 236 valence electrons. The number of halogens is 7. The summed E-state index contributed by atoms with van der Waals surface area (Å²) in [4.78, 5) is 37.4. The number of anilines is 2. The molecule has 44 heavy (non-hydrogen) atoms. The third-order valence-electron chi connectivity index (χ3n) is 7.44. The molecule has 0 bridgehead atoms. The van der Waals surface area contributed by atoms with Crippen LogP contribution in [0.5, 0.6) is 5.75 Å². The second-order valence-corrected chi connectivity index (χ2v) is 10.8. The van der Waals surface area contributed by atoms with Gasteiger partial charge in [-0.05, 0) is 24.6 Å². The van der Waals surface area contributed by atoms with Gasteiger partial charge in [0.2, 0.25) is 11.9 Å². The minimum Gasteiger partial charge on any atom is -0.488 e. The predicted molar refractivity (Wildman–Crippen MR) is 147 cm³/mol. The molecule has 5 rings (SSSR count). The van der Waals surface area contributed by atoms with E-state index >= 15 is 0 Å². The fourth-order valence-electron chi connectivity index (χ4n) is 5.23. The molecule has 2 aromatic heterocycles. The summed E-state index contributed by atoms with van der Waals surface area (Å²) >= 11 is 6.05. The lowest BCUT2D eigenvalue weighted by Crippen LogP contribution is -2.49. The average Bonchev–Trinajstić information content (AvgIpc) is 3.37. The zero-order valence-electron chi connectivity index (χ0n) is 22.9. The van der Waals surface area contributed by atoms with Crippen LogP contribution in [0.4, 0.5) is 38.1 Å². The molecule has 1 N–H and O–H groups in total. The Morgan fingerprint density at radius 2 is 1.73 bits per heavy atom. The first-order valence-electron chi connectivity index (χ1n) is 13.6. The fourth-order valence-corrected chi connectivity index (χ4v) is 5.41. The van der Waals surface area contributed by atoms with Crippen LogP contribution >= 0.6 is 11.6 Å². The lowest BCUT2D eigenvalue weighted by molar-refractivity contribution is -0.139. The molecule has 10 nitrogen and oxygen atoms in total. The molecule has 0 spiro atoms. The molecule has 2 fully saturated rings. The Hall–Kier alpha value is -4.08. The van der Waals surface area contributed by atoms with Gasteiger partial charge < -0.3 is 19.4 Å². The number of aromatic nitrogens is 4. The number of hydrogen-bond donors (Lipinski definition) is 1. The summed E-state index contributed by atoms with van der Waals surface area (Å²) in [5.41, 5.74) is -3.70. The molecular weight excluding hydrogens is 620 g/mol. The van der Waals surface area contributed by atoms with Crippen LogP contribution in [0, 0.1) is 0 Å². The molecule has 3 aromatic rings. The van der Waals surface area contributed by atoms with Gasteiger partial charge >= 0.3 is 12.4 Å². The molecule has 2 aliphatic heterocycles. The number of H-pyrrole nitrogens is 1. The van der Waals surface area contributed by atoms with E-state index < -0.39 is 41.2 Å². The minimum absolute atomic E-state index is 0.0668. The molecule has 4 heterocycles. The molecule has 2 aliphatic rings. The van der Waals surface area contributed by atoms with E-state index in [0.717, 1.165) is 0 Å². The number of rotatable bonds is 7. The lowest BCUT2D eigenvalue weighted by atomic mass is 10.1. The van der Waals surface area contributed by atoms with E-state index in [1.165, 1.54) is 0 Å². The van der Waals surface area contributed by atoms with Crippen LogP contribution in [0.3, 0.4) is 0 Å². The molecule has 17 heteroatoms. The van der Waals surface area contributed by atoms with Gasteiger partial charge in [0.15, 0.2) is 0 Å². The number of nitrogens with zero attached hydrogens (tertiary/aromatic N) is 6. The number of benzene rings is 1. The molecule has 2 atom stereocenters. The maximum Gasteiger partial charge on any atom is 0.421 e. The van der Waals surface area contributed by atoms with Crippen molar-refractivity contribution in [1.29, 1.82) is 0 Å². The number of hydrogen-bond acceptors (Lipinski definition) is 8. The first-order chi connectivity index (χ1) is 20.8. The average molecular weight is 646 g/mol. The topological polar surface area (TPSA) is 108 Å². The summed E-state index contributed by atoms with van der Waals surface area (Å²) in [6.45, 7) is 1.34. The van der Waals surface area contributed by atoms with Crippen LogP contribution in [-0.4, -0.2) is 75.8 Å². The lowest BCUT2D eigenvalue weighted by Gasteiger charge is -2.35. The van der Waals surface area contributed by atoms with Crippen molar-refractivity contribution in [3.05, 3.63) is 69.2 Å². The van der Waals surface area contributed by atoms with Crippen LogP contribution in [0.15, 0.2) is 47.5 Å². The Kier molecular flexibility index (Phi) is 8.90. The van der Waals surface area contributed by atoms with Crippen LogP contribution in [0.2, 0.25) is 5.02 Å². The van der Waals surface area contributed by atoms with Crippen LogP contribution in [0.25, 0.3) is 0 Å². The number of carbonyl (C=O) groups is 1. The number of carbonyl (C=O) groups excluding carboxylic acids is 1. The van der Waals surface area contributed by atoms with Gasteiger partial charge in [0.05, 0.1) is 12.1 Å². The Balaban J connectivity index is 1.24. The quantitative estimate of drug-likeness (QED) is 0.377. The van der Waals surface area contributed by atoms with Gasteiger partial charge in [-0.2, -0.15) is 31.4 Å². The maximum atomic E-state index is 13.5. The molecule has 1 aromatic carbocycles. The second kappa shape index (κ2) is 12.5. The van der Waals surface area contributed by atoms with Crippen molar-refractivity contribution in [2.24, 2.45) is 0 Å². The van der Waals surface area contributed by atoms with Gasteiger partial charge in [0, 0.05) is 68.5 Å². The van der Waals surface area contributed by atoms with Gasteiger partial charge in [-0.3, -0.25) is 9.59 Å². The van der Waals surface area contributed by atoms with Gasteiger partial charge in [-0.25, -0.2) is 15.1 Å². The summed E-state index contributed by atoms with van der Waals surface area (Å²) in [7, 11) is 0. The van der Waals surface area contributed by atoms with Crippen molar-refractivity contribution in [2.45, 2.75) is 43.8 Å². The van der Waals surface area contributed by atoms with E-state index in [-0.39, 0.29) is 50.1 Å². The SMILES string of the molecule is O=C(CC[C@@H]1C[C@H](Oc2cccc(Cl)c2)CN1c1cc(C(F)(F)F)c(=O)[nH]n1)N1CCN(c2ncc(C(F)(F)F)cn2)CC1. The highest BCUT2D eigenvalue weighted by atomic mass is 35.5. The Labute approximate surface area is 251 Å². The van der Waals surface area contributed by atoms with Gasteiger partial charge in [0.25, 0.3) is 5.56 Å². The number of piperazine rings is 1. The Morgan fingerprint density at radius 1 is 1.02 bits per heavy atom. The largest absolute Gasteiger partial charge is 0.488 e. The van der Waals surface area contributed by atoms with Crippen LogP contribution < -0.4 is 20.1 Å². The number of amides is 1. The summed E-state index contributed by atoms with van der Waals surface area (Å²) < 4.78 is 84.9. The molecule has 0 unspecified atom stereocenters. The van der Waals surface area contributed by atoms with Crippen molar-refractivity contribution < 1.29 is 35.9 Å². The highest BCUT2D eigenvalue weighted by molar-refractivity contribution is 6.30. The molecule has 2 saturated heterocycles. The number of aromatic amines is 1. The third-order valence-corrected chi connectivity index (χ3v) is 7.67. The van der Waals surface area contributed by atoms with Crippen molar-refractivity contribution in [2.75, 3.05) is 42.5 Å². The second-order valence-electron chi connectivity index (χ2n) is 10.4. The first-order valence-corrected chi connectivity index (χ1v) is 13.9. The maximum absolute atomic E-state index is 13.5. The highest BCUT2D eigenvalue weighted by Crippen LogP contribution is 2.33. The summed E-state index contributed by atoms with van der Waals surface area (Å²) in [6, 6.07) is 6.93. The van der Waals surface area contributed by atoms with Crippen LogP contribution in [0.1, 0.15) is 30.4 Å². The predicted octanol–water partition coefficient (Wildman–Crippen LogP) is 4.41. The van der Waals surface area contributed by atoms with E-state index in [1.54, 1.807) is 39.0 Å². The van der Waals surface area contributed by atoms with E-state index in [4.69, 9.17) is 16.3 Å². The zero-order chi connectivity index (χ0) is 31.6. The smallest absolute Gasteiger partial charge is 0.421 e. The Bertz CT molecular complexity index is 1530. The monoisotopic (exact) mass is 645 g/mol. The summed E-state index contributed by atoms with van der Waals surface area (Å²) in [6.07, 6.45) is -7.79. The molecule has 1 amide bonds. The van der Waals surface area contributed by atoms with Crippen molar-refractivity contribution in [3.8, 4) is 5.75 Å². The van der Waals surface area contributed by atoms with Gasteiger partial charge in [0.1, 0.15) is 23.2 Å². The Morgan fingerprint density at radius 3 is 2.36 bits per heavy atom. The standard InChI is InChI=1S/C27H26ClF6N7O3/c28-17-2-1-3-19(10-17)44-20-11-18(41(15-20)22-12-21(27(32,33)34)24(43)38-37-22)4-5-23(42)39-6-8-40(9-7-39)25-35-13-16(14-36-25)26(29,30)31/h1-3,10,12-14,18,20H,4-9,11,15H2,(H,38,43)/t18-,20+/m1/s1. The third kappa shape index (κ3) is 7.34. The molecular formula is C27H26ClF6N7O3. The zero-order valence-corrected chi connectivity index (χ0v) is 23.7. The summed E-state index contributed by atoms with van der Waals surface area (Å²) in [5.74, 6) is 0.308. The normalized spacial score (nSPS) is 19.4. The van der Waals surface area contributed by atoms with Crippen LogP contribution in [-0.2, 0) is 17.1 Å². The first kappa shape index (κ1) is 31.3. The van der Waals surface area contributed by atoms with E-state index in [2.05, 4.69) is 15.1 Å². The number of alkyl halides is 6. The van der Waals surface area contributed by atoms with E-state index in [1.807, 2.05) is 5.10 Å². The van der Waals surface area contributed by atoms with Gasteiger partial charge in [-0.15, -0.1) is 0 Å². The fraction of sp³-hybridized carbons (Fsp3) is 0.444. The highest BCUT2D eigenvalue weighted by Gasteiger charge is 2.39. The number of nitrogens with one attached hydrogen (secondary N) is 1. The van der Waals surface area contributed by atoms with Gasteiger partial charge in [-0.1, -0.05) is 17.7 Å². The van der Waals surface area contributed by atoms with E-state index in [9.17, 15) is 35.9 Å². The molecule has 0 radical (unpaired) electrons. The summed E-state index contributed by atoms with van der Waals surface area (Å²) in [5, 5.41) is 6.21. The van der Waals surface area contributed by atoms with Crippen molar-refractivity contribution in [3.63, 3.8) is 0 Å². The molecule has 0 aliphatic carbocycles. The van der Waals surface area contributed by atoms with E-state index in [0.29, 0.717) is 48.7 Å². The number of ether oxygens (including phenoxy) is 1. The minimum atomic E-state index is -4.89. The molecule has 0 saturated carbocycles. The van der Waals surface area contributed by atoms with Crippen molar-refractivity contribution >= 4 is 29.3 Å².